The van der Waals surface area contributed by atoms with Gasteiger partial charge in [0, 0.05) is 31.6 Å². The Morgan fingerprint density at radius 3 is 2.95 bits per heavy atom. The maximum atomic E-state index is 11.9. The largest absolute Gasteiger partial charge is 0.350 e. The Bertz CT molecular complexity index is 866. The van der Waals surface area contributed by atoms with Gasteiger partial charge < -0.3 is 10.3 Å². The van der Waals surface area contributed by atoms with Crippen molar-refractivity contribution in [2.45, 2.75) is 13.3 Å². The molecule has 0 aliphatic rings. The zero-order valence-corrected chi connectivity index (χ0v) is 11.8. The summed E-state index contributed by atoms with van der Waals surface area (Å²) >= 11 is 0. The molecule has 1 amide bonds. The summed E-state index contributed by atoms with van der Waals surface area (Å²) in [6, 6.07) is 0. The predicted octanol–water partition coefficient (Wildman–Crippen LogP) is -0.511. The first-order valence-corrected chi connectivity index (χ1v) is 6.63. The number of hydrogen-bond acceptors (Lipinski definition) is 6. The van der Waals surface area contributed by atoms with Gasteiger partial charge in [-0.1, -0.05) is 0 Å². The Balaban J connectivity index is 1.65. The van der Waals surface area contributed by atoms with Gasteiger partial charge in [0.2, 0.25) is 5.65 Å². The molecule has 0 unspecified atom stereocenters. The molecule has 3 rings (SSSR count). The van der Waals surface area contributed by atoms with Crippen molar-refractivity contribution in [3.05, 3.63) is 52.4 Å². The van der Waals surface area contributed by atoms with Crippen molar-refractivity contribution >= 4 is 11.6 Å². The monoisotopic (exact) mass is 299 g/mol. The average molecular weight is 299 g/mol. The van der Waals surface area contributed by atoms with Crippen molar-refractivity contribution in [1.82, 2.24) is 34.9 Å². The van der Waals surface area contributed by atoms with Crippen molar-refractivity contribution in [1.29, 1.82) is 0 Å². The van der Waals surface area contributed by atoms with Gasteiger partial charge in [0.15, 0.2) is 0 Å². The molecule has 22 heavy (non-hydrogen) atoms. The average Bonchev–Trinajstić information content (AvgIpc) is 2.93. The van der Waals surface area contributed by atoms with Crippen molar-refractivity contribution < 1.29 is 4.79 Å². The van der Waals surface area contributed by atoms with Crippen LogP contribution in [0.1, 0.15) is 22.0 Å². The molecule has 0 saturated carbocycles. The van der Waals surface area contributed by atoms with E-state index < -0.39 is 0 Å². The Hall–Kier alpha value is -3.10. The molecule has 0 aliphatic carbocycles. The van der Waals surface area contributed by atoms with Crippen LogP contribution < -0.4 is 10.9 Å². The number of rotatable bonds is 4. The van der Waals surface area contributed by atoms with Crippen LogP contribution in [0.2, 0.25) is 0 Å². The lowest BCUT2D eigenvalue weighted by Gasteiger charge is -2.03. The normalized spacial score (nSPS) is 10.8. The van der Waals surface area contributed by atoms with E-state index in [0.29, 0.717) is 18.8 Å². The van der Waals surface area contributed by atoms with E-state index in [1.165, 1.54) is 18.6 Å². The zero-order valence-electron chi connectivity index (χ0n) is 11.8. The van der Waals surface area contributed by atoms with Crippen LogP contribution in [0.3, 0.4) is 0 Å². The lowest BCUT2D eigenvalue weighted by molar-refractivity contribution is 0.0948. The molecule has 0 saturated heterocycles. The molecule has 9 nitrogen and oxygen atoms in total. The van der Waals surface area contributed by atoms with E-state index in [4.69, 9.17) is 0 Å². The Labute approximate surface area is 124 Å². The van der Waals surface area contributed by atoms with Gasteiger partial charge in [0.1, 0.15) is 11.5 Å². The molecule has 0 radical (unpaired) electrons. The number of nitrogens with one attached hydrogen (secondary N) is 2. The fourth-order valence-corrected chi connectivity index (χ4v) is 1.95. The van der Waals surface area contributed by atoms with Gasteiger partial charge >= 0.3 is 0 Å². The number of aromatic amines is 1. The van der Waals surface area contributed by atoms with Crippen LogP contribution in [0.4, 0.5) is 0 Å². The minimum Gasteiger partial charge on any atom is -0.350 e. The molecule has 0 fully saturated rings. The summed E-state index contributed by atoms with van der Waals surface area (Å²) in [5, 5.41) is 10.5. The number of aryl methyl sites for hydroxylation is 1. The molecule has 0 aromatic carbocycles. The highest BCUT2D eigenvalue weighted by Gasteiger charge is 2.10. The second-order valence-corrected chi connectivity index (χ2v) is 4.65. The van der Waals surface area contributed by atoms with Crippen LogP contribution in [-0.4, -0.2) is 42.0 Å². The number of aromatic nitrogens is 6. The van der Waals surface area contributed by atoms with Gasteiger partial charge in [-0.05, 0) is 6.92 Å². The summed E-state index contributed by atoms with van der Waals surface area (Å²) in [5.74, 6) is 0.288. The van der Waals surface area contributed by atoms with Crippen molar-refractivity contribution in [3.8, 4) is 0 Å². The highest BCUT2D eigenvalue weighted by Crippen LogP contribution is 1.99. The number of hydrogen-bond donors (Lipinski definition) is 2. The highest BCUT2D eigenvalue weighted by atomic mass is 16.2. The summed E-state index contributed by atoms with van der Waals surface area (Å²) in [6.45, 7) is 2.15. The van der Waals surface area contributed by atoms with Gasteiger partial charge in [-0.25, -0.2) is 4.98 Å². The number of carbonyl (C=O) groups is 1. The minimum absolute atomic E-state index is 0.230. The topological polar surface area (TPSA) is 118 Å². The smallest absolute Gasteiger partial charge is 0.293 e. The van der Waals surface area contributed by atoms with Crippen LogP contribution in [-0.2, 0) is 6.42 Å². The lowest BCUT2D eigenvalue weighted by Crippen LogP contribution is -2.27. The first-order valence-electron chi connectivity index (χ1n) is 6.63. The van der Waals surface area contributed by atoms with Crippen molar-refractivity contribution in [2.24, 2.45) is 0 Å². The Kier molecular flexibility index (Phi) is 3.60. The van der Waals surface area contributed by atoms with Gasteiger partial charge in [0.25, 0.3) is 11.5 Å². The van der Waals surface area contributed by atoms with Crippen molar-refractivity contribution in [3.63, 3.8) is 0 Å². The molecule has 0 atom stereocenters. The van der Waals surface area contributed by atoms with E-state index in [2.05, 4.69) is 30.5 Å². The molecule has 2 N–H and O–H groups in total. The molecule has 0 spiro atoms. The minimum atomic E-state index is -0.306. The van der Waals surface area contributed by atoms with Gasteiger partial charge in [-0.2, -0.15) is 0 Å². The van der Waals surface area contributed by atoms with Crippen LogP contribution in [0.15, 0.2) is 29.6 Å². The maximum Gasteiger partial charge on any atom is 0.293 e. The molecule has 0 bridgehead atoms. The number of nitrogens with zero attached hydrogens (tertiary/aromatic N) is 5. The summed E-state index contributed by atoms with van der Waals surface area (Å²) in [7, 11) is 0. The first-order chi connectivity index (χ1) is 10.6. The Morgan fingerprint density at radius 1 is 1.32 bits per heavy atom. The first kappa shape index (κ1) is 13.9. The molecular formula is C13H13N7O2. The molecule has 3 aromatic rings. The molecule has 0 aliphatic heterocycles. The second-order valence-electron chi connectivity index (χ2n) is 4.65. The van der Waals surface area contributed by atoms with Gasteiger partial charge in [-0.15, -0.1) is 10.2 Å². The third-order valence-corrected chi connectivity index (χ3v) is 3.06. The predicted molar refractivity (Wildman–Crippen MR) is 76.4 cm³/mol. The van der Waals surface area contributed by atoms with E-state index in [-0.39, 0.29) is 22.8 Å². The summed E-state index contributed by atoms with van der Waals surface area (Å²) in [4.78, 5) is 34.0. The fourth-order valence-electron chi connectivity index (χ4n) is 1.95. The maximum absolute atomic E-state index is 11.9. The number of fused-ring (bicyclic) bond motifs is 1. The van der Waals surface area contributed by atoms with E-state index in [1.807, 2.05) is 0 Å². The van der Waals surface area contributed by atoms with Crippen LogP contribution in [0.25, 0.3) is 5.65 Å². The Morgan fingerprint density at radius 2 is 2.18 bits per heavy atom. The van der Waals surface area contributed by atoms with Gasteiger partial charge in [-0.3, -0.25) is 19.0 Å². The number of carbonyl (C=O) groups excluding carboxylic acids is 1. The molecular weight excluding hydrogens is 286 g/mol. The SMILES string of the molecule is Cc1cnc(C(=O)NCCc2nnc3c(=O)[nH]ccn23)cn1. The van der Waals surface area contributed by atoms with Crippen LogP contribution >= 0.6 is 0 Å². The summed E-state index contributed by atoms with van der Waals surface area (Å²) in [5.41, 5.74) is 0.929. The van der Waals surface area contributed by atoms with Crippen LogP contribution in [0.5, 0.6) is 0 Å². The standard InChI is InChI=1S/C13H13N7O2/c1-8-6-17-9(7-16-8)12(21)14-3-2-10-18-19-11-13(22)15-4-5-20(10)11/h4-7H,2-3H2,1H3,(H,14,21)(H,15,22). The lowest BCUT2D eigenvalue weighted by atomic mass is 10.3. The van der Waals surface area contributed by atoms with E-state index in [0.717, 1.165) is 5.69 Å². The fraction of sp³-hybridized carbons (Fsp3) is 0.231. The second kappa shape index (κ2) is 5.72. The zero-order chi connectivity index (χ0) is 15.5. The van der Waals surface area contributed by atoms with Gasteiger partial charge in [0.05, 0.1) is 11.9 Å². The van der Waals surface area contributed by atoms with E-state index >= 15 is 0 Å². The van der Waals surface area contributed by atoms with E-state index in [1.54, 1.807) is 17.5 Å². The summed E-state index contributed by atoms with van der Waals surface area (Å²) < 4.78 is 1.59. The molecule has 112 valence electrons. The third kappa shape index (κ3) is 2.68. The van der Waals surface area contributed by atoms with Crippen molar-refractivity contribution in [2.75, 3.05) is 6.54 Å². The quantitative estimate of drug-likeness (QED) is 0.670. The molecule has 3 aromatic heterocycles. The van der Waals surface area contributed by atoms with E-state index in [9.17, 15) is 9.59 Å². The molecule has 9 heteroatoms. The number of H-pyrrole nitrogens is 1. The summed E-state index contributed by atoms with van der Waals surface area (Å²) in [6.07, 6.45) is 6.58. The number of amides is 1. The molecule has 3 heterocycles. The van der Waals surface area contributed by atoms with Crippen LogP contribution in [0, 0.1) is 6.92 Å². The highest BCUT2D eigenvalue weighted by molar-refractivity contribution is 5.91. The third-order valence-electron chi connectivity index (χ3n) is 3.06.